The summed E-state index contributed by atoms with van der Waals surface area (Å²) in [6, 6.07) is 7.59. The summed E-state index contributed by atoms with van der Waals surface area (Å²) in [5, 5.41) is 9.11. The number of hydrogen-bond donors (Lipinski definition) is 4. The predicted molar refractivity (Wildman–Crippen MR) is 113 cm³/mol. The van der Waals surface area contributed by atoms with Crippen molar-refractivity contribution < 1.29 is 19.2 Å². The second kappa shape index (κ2) is 8.69. The van der Waals surface area contributed by atoms with Crippen molar-refractivity contribution in [3.05, 3.63) is 36.0 Å². The average Bonchev–Trinajstić information content (AvgIpc) is 3.30. The molecule has 3 rings (SSSR count). The van der Waals surface area contributed by atoms with Crippen molar-refractivity contribution in [3.8, 4) is 0 Å². The third-order valence-corrected chi connectivity index (χ3v) is 5.37. The summed E-state index contributed by atoms with van der Waals surface area (Å²) in [4.78, 5) is 52.1. The minimum atomic E-state index is -0.865. The predicted octanol–water partition coefficient (Wildman–Crippen LogP) is 1.52. The summed E-state index contributed by atoms with van der Waals surface area (Å²) in [5.41, 5.74) is 0.590. The molecule has 3 atom stereocenters. The highest BCUT2D eigenvalue weighted by Crippen LogP contribution is 2.22. The lowest BCUT2D eigenvalue weighted by Gasteiger charge is -2.31. The van der Waals surface area contributed by atoms with Gasteiger partial charge in [-0.25, -0.2) is 0 Å². The number of rotatable bonds is 7. The molecule has 0 unspecified atom stereocenters. The molecule has 1 aromatic heterocycles. The summed E-state index contributed by atoms with van der Waals surface area (Å²) >= 11 is 0. The molecule has 1 aromatic carbocycles. The first-order valence-electron chi connectivity index (χ1n) is 10.1. The fourth-order valence-electron chi connectivity index (χ4n) is 3.67. The van der Waals surface area contributed by atoms with E-state index in [1.807, 2.05) is 45.0 Å². The second-order valence-corrected chi connectivity index (χ2v) is 8.81. The van der Waals surface area contributed by atoms with Crippen molar-refractivity contribution >= 4 is 34.9 Å². The molecule has 1 aliphatic rings. The van der Waals surface area contributed by atoms with Crippen LogP contribution in [0.2, 0.25) is 0 Å². The van der Waals surface area contributed by atoms with Crippen molar-refractivity contribution in [2.75, 3.05) is 6.54 Å². The van der Waals surface area contributed by atoms with Crippen LogP contribution in [-0.4, -0.2) is 47.6 Å². The Kier molecular flexibility index (Phi) is 6.24. The molecule has 8 heteroatoms. The molecule has 0 aliphatic carbocycles. The largest absolute Gasteiger partial charge is 0.356 e. The standard InChI is InChI=1S/C22H28N4O4/c1-22(2,3)18(21(30)24-15(12-27)10-14-8-9-23-19(14)28)26-20(29)17-11-13-6-4-5-7-16(13)25-17/h4-7,11-12,14-15,18,25H,8-10H2,1-3H3,(H,23,28)(H,24,30)(H,26,29)/t14-,15-,18+/m0/s1. The Morgan fingerprint density at radius 3 is 2.57 bits per heavy atom. The van der Waals surface area contributed by atoms with Gasteiger partial charge in [0.05, 0.1) is 6.04 Å². The van der Waals surface area contributed by atoms with E-state index in [0.29, 0.717) is 24.9 Å². The van der Waals surface area contributed by atoms with Crippen LogP contribution in [0, 0.1) is 11.3 Å². The lowest BCUT2D eigenvalue weighted by Crippen LogP contribution is -2.56. The zero-order valence-electron chi connectivity index (χ0n) is 17.5. The van der Waals surface area contributed by atoms with E-state index in [0.717, 1.165) is 10.9 Å². The molecule has 3 amide bonds. The van der Waals surface area contributed by atoms with E-state index in [2.05, 4.69) is 20.9 Å². The maximum Gasteiger partial charge on any atom is 0.268 e. The van der Waals surface area contributed by atoms with E-state index in [1.54, 1.807) is 6.07 Å². The van der Waals surface area contributed by atoms with Crippen molar-refractivity contribution in [3.63, 3.8) is 0 Å². The highest BCUT2D eigenvalue weighted by atomic mass is 16.2. The van der Waals surface area contributed by atoms with Crippen LogP contribution in [0.1, 0.15) is 44.1 Å². The lowest BCUT2D eigenvalue weighted by molar-refractivity contribution is -0.129. The van der Waals surface area contributed by atoms with E-state index >= 15 is 0 Å². The molecule has 8 nitrogen and oxygen atoms in total. The summed E-state index contributed by atoms with van der Waals surface area (Å²) in [5.74, 6) is -1.26. The molecule has 0 radical (unpaired) electrons. The summed E-state index contributed by atoms with van der Waals surface area (Å²) in [6.07, 6.45) is 1.52. The molecule has 2 aromatic rings. The molecule has 1 saturated heterocycles. The summed E-state index contributed by atoms with van der Waals surface area (Å²) in [6.45, 7) is 6.09. The van der Waals surface area contributed by atoms with E-state index < -0.39 is 29.3 Å². The topological polar surface area (TPSA) is 120 Å². The van der Waals surface area contributed by atoms with E-state index in [-0.39, 0.29) is 18.2 Å². The smallest absolute Gasteiger partial charge is 0.268 e. The fourth-order valence-corrected chi connectivity index (χ4v) is 3.67. The van der Waals surface area contributed by atoms with Crippen molar-refractivity contribution in [2.24, 2.45) is 11.3 Å². The second-order valence-electron chi connectivity index (χ2n) is 8.81. The molecule has 2 heterocycles. The first-order valence-corrected chi connectivity index (χ1v) is 10.1. The minimum absolute atomic E-state index is 0.101. The lowest BCUT2D eigenvalue weighted by atomic mass is 9.85. The van der Waals surface area contributed by atoms with Gasteiger partial charge in [0.25, 0.3) is 5.91 Å². The van der Waals surface area contributed by atoms with Crippen LogP contribution >= 0.6 is 0 Å². The highest BCUT2D eigenvalue weighted by Gasteiger charge is 2.35. The van der Waals surface area contributed by atoms with Gasteiger partial charge in [-0.2, -0.15) is 0 Å². The SMILES string of the molecule is CC(C)(C)[C@H](NC(=O)c1cc2ccccc2[nH]1)C(=O)N[C@H](C=O)C[C@@H]1CCNC1=O. The molecule has 0 saturated carbocycles. The number of benzene rings is 1. The van der Waals surface area contributed by atoms with Crippen LogP contribution in [-0.2, 0) is 14.4 Å². The highest BCUT2D eigenvalue weighted by molar-refractivity contribution is 6.00. The molecular weight excluding hydrogens is 384 g/mol. The van der Waals surface area contributed by atoms with Crippen LogP contribution in [0.3, 0.4) is 0 Å². The molecule has 1 fully saturated rings. The summed E-state index contributed by atoms with van der Waals surface area (Å²) in [7, 11) is 0. The first kappa shape index (κ1) is 21.5. The zero-order valence-corrected chi connectivity index (χ0v) is 17.5. The number of aldehydes is 1. The normalized spacial score (nSPS) is 18.5. The van der Waals surface area contributed by atoms with Gasteiger partial charge >= 0.3 is 0 Å². The number of amides is 3. The minimum Gasteiger partial charge on any atom is -0.356 e. The fraction of sp³-hybridized carbons (Fsp3) is 0.455. The van der Waals surface area contributed by atoms with E-state index in [4.69, 9.17) is 0 Å². The molecule has 160 valence electrons. The quantitative estimate of drug-likeness (QED) is 0.515. The van der Waals surface area contributed by atoms with Gasteiger partial charge in [0.1, 0.15) is 18.0 Å². The van der Waals surface area contributed by atoms with Crippen LogP contribution in [0.15, 0.2) is 30.3 Å². The van der Waals surface area contributed by atoms with Gasteiger partial charge in [0.2, 0.25) is 11.8 Å². The molecule has 0 bridgehead atoms. The number of nitrogens with one attached hydrogen (secondary N) is 4. The average molecular weight is 412 g/mol. The molecule has 0 spiro atoms. The number of aromatic amines is 1. The Morgan fingerprint density at radius 2 is 1.97 bits per heavy atom. The van der Waals surface area contributed by atoms with Crippen molar-refractivity contribution in [1.82, 2.24) is 20.9 Å². The van der Waals surface area contributed by atoms with Crippen LogP contribution < -0.4 is 16.0 Å². The van der Waals surface area contributed by atoms with Gasteiger partial charge < -0.3 is 25.7 Å². The molecule has 1 aliphatic heterocycles. The Balaban J connectivity index is 1.71. The van der Waals surface area contributed by atoms with Crippen molar-refractivity contribution in [2.45, 2.75) is 45.7 Å². The number of carbonyl (C=O) groups excluding carboxylic acids is 4. The van der Waals surface area contributed by atoms with E-state index in [1.165, 1.54) is 0 Å². The number of para-hydroxylation sites is 1. The Morgan fingerprint density at radius 1 is 1.23 bits per heavy atom. The van der Waals surface area contributed by atoms with E-state index in [9.17, 15) is 19.2 Å². The maximum absolute atomic E-state index is 13.0. The van der Waals surface area contributed by atoms with Crippen molar-refractivity contribution in [1.29, 1.82) is 0 Å². The van der Waals surface area contributed by atoms with Gasteiger partial charge in [-0.1, -0.05) is 39.0 Å². The van der Waals surface area contributed by atoms with Crippen LogP contribution in [0.5, 0.6) is 0 Å². The molecule has 30 heavy (non-hydrogen) atoms. The number of H-pyrrole nitrogens is 1. The Bertz CT molecular complexity index is 926. The Hall–Kier alpha value is -3.16. The van der Waals surface area contributed by atoms with Crippen LogP contribution in [0.4, 0.5) is 0 Å². The van der Waals surface area contributed by atoms with Gasteiger partial charge in [0.15, 0.2) is 0 Å². The number of fused-ring (bicyclic) bond motifs is 1. The number of carbonyl (C=O) groups is 4. The maximum atomic E-state index is 13.0. The van der Waals surface area contributed by atoms with Gasteiger partial charge in [-0.15, -0.1) is 0 Å². The third-order valence-electron chi connectivity index (χ3n) is 5.37. The monoisotopic (exact) mass is 412 g/mol. The van der Waals surface area contributed by atoms with Crippen LogP contribution in [0.25, 0.3) is 10.9 Å². The van der Waals surface area contributed by atoms with Gasteiger partial charge in [0, 0.05) is 23.4 Å². The number of hydrogen-bond acceptors (Lipinski definition) is 4. The number of aromatic nitrogens is 1. The summed E-state index contributed by atoms with van der Waals surface area (Å²) < 4.78 is 0. The zero-order chi connectivity index (χ0) is 21.9. The van der Waals surface area contributed by atoms with Gasteiger partial charge in [-0.3, -0.25) is 14.4 Å². The molecular formula is C22H28N4O4. The third kappa shape index (κ3) is 4.87. The van der Waals surface area contributed by atoms with Gasteiger partial charge in [-0.05, 0) is 30.4 Å². The molecule has 4 N–H and O–H groups in total. The first-order chi connectivity index (χ1) is 14.2. The Labute approximate surface area is 175 Å².